The van der Waals surface area contributed by atoms with Crippen molar-refractivity contribution in [3.8, 4) is 11.5 Å². The summed E-state index contributed by atoms with van der Waals surface area (Å²) in [7, 11) is 0. The molecular weight excluding hydrogens is 442 g/mol. The molecule has 0 unspecified atom stereocenters. The highest BCUT2D eigenvalue weighted by atomic mass is 35.5. The predicted octanol–water partition coefficient (Wildman–Crippen LogP) is 5.65. The van der Waals surface area contributed by atoms with Crippen LogP contribution in [0.25, 0.3) is 0 Å². The molecule has 2 aliphatic rings. The normalized spacial score (nSPS) is 17.7. The van der Waals surface area contributed by atoms with Gasteiger partial charge in [0.15, 0.2) is 17.3 Å². The third-order valence-corrected chi connectivity index (χ3v) is 6.34. The molecule has 0 saturated heterocycles. The molecule has 33 heavy (non-hydrogen) atoms. The number of ether oxygens (including phenoxy) is 2. The van der Waals surface area contributed by atoms with Gasteiger partial charge in [-0.2, -0.15) is 0 Å². The Morgan fingerprint density at radius 2 is 1.30 bits per heavy atom. The van der Waals surface area contributed by atoms with Gasteiger partial charge in [0.2, 0.25) is 0 Å². The molecule has 2 aliphatic carbocycles. The Balaban J connectivity index is 0.00000385. The van der Waals surface area contributed by atoms with Gasteiger partial charge in [0.25, 0.3) is 0 Å². The van der Waals surface area contributed by atoms with E-state index in [0.717, 1.165) is 64.2 Å². The zero-order valence-corrected chi connectivity index (χ0v) is 20.9. The third kappa shape index (κ3) is 8.42. The van der Waals surface area contributed by atoms with Gasteiger partial charge >= 0.3 is 11.9 Å². The lowest BCUT2D eigenvalue weighted by molar-refractivity contribution is -0.142. The monoisotopic (exact) mass is 479 g/mol. The standard InChI is InChI=1S/C26H37NO5.ClH/c1-26(2,3)27-17-21(28)20-14-15-22(31-24(29)18-10-6-4-7-11-18)23(16-20)32-25(30)19-12-8-5-9-13-19;/h14-16,18-19,27H,4-13,17H2,1-3H3;1H. The first-order valence-corrected chi connectivity index (χ1v) is 12.1. The van der Waals surface area contributed by atoms with Gasteiger partial charge in [-0.3, -0.25) is 14.4 Å². The number of carbonyl (C=O) groups is 3. The Labute approximate surface area is 203 Å². The van der Waals surface area contributed by atoms with E-state index in [9.17, 15) is 14.4 Å². The van der Waals surface area contributed by atoms with Crippen molar-refractivity contribution in [1.82, 2.24) is 5.32 Å². The summed E-state index contributed by atoms with van der Waals surface area (Å²) in [5.74, 6) is -0.600. The van der Waals surface area contributed by atoms with Gasteiger partial charge in [-0.25, -0.2) is 0 Å². The Morgan fingerprint density at radius 3 is 1.79 bits per heavy atom. The molecule has 0 heterocycles. The van der Waals surface area contributed by atoms with E-state index in [0.29, 0.717) is 5.56 Å². The van der Waals surface area contributed by atoms with Gasteiger partial charge in [0.1, 0.15) is 0 Å². The average Bonchev–Trinajstić information content (AvgIpc) is 2.79. The van der Waals surface area contributed by atoms with Gasteiger partial charge in [-0.1, -0.05) is 38.5 Å². The number of carbonyl (C=O) groups excluding carboxylic acids is 3. The van der Waals surface area contributed by atoms with Crippen molar-refractivity contribution in [2.24, 2.45) is 11.8 Å². The van der Waals surface area contributed by atoms with Gasteiger partial charge in [-0.05, 0) is 64.7 Å². The molecule has 0 bridgehead atoms. The molecule has 3 rings (SSSR count). The van der Waals surface area contributed by atoms with Gasteiger partial charge in [0, 0.05) is 11.1 Å². The molecule has 1 aromatic rings. The van der Waals surface area contributed by atoms with Crippen molar-refractivity contribution in [2.75, 3.05) is 6.54 Å². The highest BCUT2D eigenvalue weighted by Gasteiger charge is 2.27. The topological polar surface area (TPSA) is 81.7 Å². The van der Waals surface area contributed by atoms with E-state index in [1.807, 2.05) is 20.8 Å². The fourth-order valence-corrected chi connectivity index (χ4v) is 4.35. The fourth-order valence-electron chi connectivity index (χ4n) is 4.35. The van der Waals surface area contributed by atoms with Crippen LogP contribution in [0.3, 0.4) is 0 Å². The molecule has 0 atom stereocenters. The molecule has 6 nitrogen and oxygen atoms in total. The number of ketones is 1. The van der Waals surface area contributed by atoms with Crippen molar-refractivity contribution in [3.63, 3.8) is 0 Å². The molecule has 0 radical (unpaired) electrons. The Kier molecular flexibility index (Phi) is 10.4. The summed E-state index contributed by atoms with van der Waals surface area (Å²) in [6.45, 7) is 6.14. The largest absolute Gasteiger partial charge is 0.422 e. The van der Waals surface area contributed by atoms with E-state index < -0.39 is 0 Å². The van der Waals surface area contributed by atoms with E-state index in [2.05, 4.69) is 5.32 Å². The number of hydrogen-bond donors (Lipinski definition) is 1. The molecule has 1 aromatic carbocycles. The van der Waals surface area contributed by atoms with Crippen LogP contribution >= 0.6 is 12.4 Å². The SMILES string of the molecule is CC(C)(C)NCC(=O)c1ccc(OC(=O)C2CCCCC2)c(OC(=O)C2CCCCC2)c1.Cl. The van der Waals surface area contributed by atoms with Crippen LogP contribution in [0.1, 0.15) is 95.3 Å². The predicted molar refractivity (Wildman–Crippen MR) is 130 cm³/mol. The summed E-state index contributed by atoms with van der Waals surface area (Å²) >= 11 is 0. The summed E-state index contributed by atoms with van der Waals surface area (Å²) in [4.78, 5) is 38.2. The number of nitrogens with one attached hydrogen (secondary N) is 1. The van der Waals surface area contributed by atoms with Crippen LogP contribution in [0.15, 0.2) is 18.2 Å². The summed E-state index contributed by atoms with van der Waals surface area (Å²) in [5, 5.41) is 3.18. The second-order valence-corrected chi connectivity index (χ2v) is 10.2. The molecule has 0 aliphatic heterocycles. The van der Waals surface area contributed by atoms with Crippen molar-refractivity contribution >= 4 is 30.1 Å². The molecular formula is C26H38ClNO5. The zero-order chi connectivity index (χ0) is 23.1. The van der Waals surface area contributed by atoms with Crippen molar-refractivity contribution < 1.29 is 23.9 Å². The quantitative estimate of drug-likeness (QED) is 0.309. The van der Waals surface area contributed by atoms with E-state index in [4.69, 9.17) is 9.47 Å². The molecule has 184 valence electrons. The Bertz CT molecular complexity index is 820. The Hall–Kier alpha value is -1.92. The van der Waals surface area contributed by atoms with Crippen molar-refractivity contribution in [2.45, 2.75) is 90.5 Å². The molecule has 2 fully saturated rings. The number of halogens is 1. The number of Topliss-reactive ketones (excluding diaryl/α,β-unsaturated/α-hetero) is 1. The van der Waals surface area contributed by atoms with Crippen LogP contribution in [0.4, 0.5) is 0 Å². The van der Waals surface area contributed by atoms with Crippen LogP contribution in [-0.2, 0) is 9.59 Å². The van der Waals surface area contributed by atoms with Crippen LogP contribution in [0, 0.1) is 11.8 Å². The van der Waals surface area contributed by atoms with E-state index in [1.165, 1.54) is 6.07 Å². The lowest BCUT2D eigenvalue weighted by Gasteiger charge is -2.22. The minimum Gasteiger partial charge on any atom is -0.422 e. The minimum atomic E-state index is -0.308. The van der Waals surface area contributed by atoms with E-state index in [1.54, 1.807) is 12.1 Å². The minimum absolute atomic E-state index is 0. The van der Waals surface area contributed by atoms with E-state index in [-0.39, 0.29) is 65.5 Å². The van der Waals surface area contributed by atoms with Gasteiger partial charge in [-0.15, -0.1) is 12.4 Å². The van der Waals surface area contributed by atoms with Crippen LogP contribution in [-0.4, -0.2) is 29.8 Å². The number of hydrogen-bond acceptors (Lipinski definition) is 6. The molecule has 0 aromatic heterocycles. The maximum atomic E-state index is 12.8. The van der Waals surface area contributed by atoms with Gasteiger partial charge in [0.05, 0.1) is 18.4 Å². The summed E-state index contributed by atoms with van der Waals surface area (Å²) in [5.41, 5.74) is 0.229. The first-order chi connectivity index (χ1) is 15.2. The van der Waals surface area contributed by atoms with Crippen LogP contribution in [0.5, 0.6) is 11.5 Å². The highest BCUT2D eigenvalue weighted by molar-refractivity contribution is 5.98. The second-order valence-electron chi connectivity index (χ2n) is 10.2. The maximum Gasteiger partial charge on any atom is 0.314 e. The summed E-state index contributed by atoms with van der Waals surface area (Å²) < 4.78 is 11.4. The lowest BCUT2D eigenvalue weighted by atomic mass is 9.89. The molecule has 0 spiro atoms. The Morgan fingerprint density at radius 1 is 0.818 bits per heavy atom. The fraction of sp³-hybridized carbons (Fsp3) is 0.654. The highest BCUT2D eigenvalue weighted by Crippen LogP contribution is 2.33. The lowest BCUT2D eigenvalue weighted by Crippen LogP contribution is -2.39. The van der Waals surface area contributed by atoms with E-state index >= 15 is 0 Å². The first-order valence-electron chi connectivity index (χ1n) is 12.1. The van der Waals surface area contributed by atoms with Crippen LogP contribution in [0.2, 0.25) is 0 Å². The number of rotatable bonds is 7. The van der Waals surface area contributed by atoms with Crippen LogP contribution < -0.4 is 14.8 Å². The van der Waals surface area contributed by atoms with Gasteiger partial charge < -0.3 is 14.8 Å². The summed E-state index contributed by atoms with van der Waals surface area (Å²) in [6, 6.07) is 4.75. The van der Waals surface area contributed by atoms with Crippen molar-refractivity contribution in [1.29, 1.82) is 0 Å². The number of esters is 2. The molecule has 0 amide bonds. The first kappa shape index (κ1) is 27.3. The molecule has 1 N–H and O–H groups in total. The summed E-state index contributed by atoms with van der Waals surface area (Å²) in [6.07, 6.45) is 9.63. The molecule has 2 saturated carbocycles. The zero-order valence-electron chi connectivity index (χ0n) is 20.1. The average molecular weight is 480 g/mol. The second kappa shape index (κ2) is 12.5. The smallest absolute Gasteiger partial charge is 0.314 e. The maximum absolute atomic E-state index is 12.8. The number of benzene rings is 1. The molecule has 7 heteroatoms. The van der Waals surface area contributed by atoms with Crippen molar-refractivity contribution in [3.05, 3.63) is 23.8 Å². The third-order valence-electron chi connectivity index (χ3n) is 6.34.